The zero-order valence-corrected chi connectivity index (χ0v) is 9.40. The number of nitrogens with zero attached hydrogens (tertiary/aromatic N) is 1. The van der Waals surface area contributed by atoms with Crippen molar-refractivity contribution < 1.29 is 14.2 Å². The van der Waals surface area contributed by atoms with E-state index in [1.54, 1.807) is 0 Å². The molecular formula is C11H19N2O2+. The van der Waals surface area contributed by atoms with E-state index < -0.39 is 0 Å². The number of hydrogen-bond acceptors (Lipinski definition) is 2. The van der Waals surface area contributed by atoms with Crippen molar-refractivity contribution in [3.8, 4) is 0 Å². The van der Waals surface area contributed by atoms with Gasteiger partial charge in [0.25, 0.3) is 5.91 Å². The minimum atomic E-state index is -0.324. The van der Waals surface area contributed by atoms with Crippen LogP contribution in [0, 0.1) is 5.92 Å². The predicted octanol–water partition coefficient (Wildman–Crippen LogP) is 0.333. The molecule has 0 spiro atoms. The van der Waals surface area contributed by atoms with Crippen molar-refractivity contribution in [1.82, 2.24) is 0 Å². The van der Waals surface area contributed by atoms with E-state index >= 15 is 0 Å². The van der Waals surface area contributed by atoms with Crippen molar-refractivity contribution in [1.29, 1.82) is 0 Å². The van der Waals surface area contributed by atoms with Gasteiger partial charge >= 0.3 is 0 Å². The summed E-state index contributed by atoms with van der Waals surface area (Å²) in [5.41, 5.74) is 6.61. The summed E-state index contributed by atoms with van der Waals surface area (Å²) in [6.45, 7) is 5.13. The van der Waals surface area contributed by atoms with Crippen LogP contribution in [0.15, 0.2) is 0 Å². The van der Waals surface area contributed by atoms with Crippen LogP contribution in [0.25, 0.3) is 0 Å². The maximum absolute atomic E-state index is 11.2. The molecule has 0 radical (unpaired) electrons. The van der Waals surface area contributed by atoms with Gasteiger partial charge in [0.2, 0.25) is 18.3 Å². The summed E-state index contributed by atoms with van der Waals surface area (Å²) in [6, 6.07) is -0.279. The van der Waals surface area contributed by atoms with Gasteiger partial charge in [-0.3, -0.25) is 4.79 Å². The average molecular weight is 211 g/mol. The highest BCUT2D eigenvalue weighted by Gasteiger charge is 2.44. The molecule has 1 aliphatic heterocycles. The van der Waals surface area contributed by atoms with E-state index in [0.29, 0.717) is 18.8 Å². The molecule has 1 rings (SSSR count). The van der Waals surface area contributed by atoms with Gasteiger partial charge in [-0.05, 0) is 6.42 Å². The molecule has 1 aliphatic rings. The minimum Gasteiger partial charge on any atom is -0.364 e. The molecule has 1 amide bonds. The molecule has 84 valence electrons. The number of rotatable bonds is 7. The molecule has 2 atom stereocenters. The Hall–Kier alpha value is -1.19. The van der Waals surface area contributed by atoms with Gasteiger partial charge in [-0.1, -0.05) is 13.8 Å². The number of nitrogens with two attached hydrogens (primary N) is 1. The van der Waals surface area contributed by atoms with E-state index in [1.165, 1.54) is 5.71 Å². The lowest BCUT2D eigenvalue weighted by Crippen LogP contribution is -2.33. The Kier molecular flexibility index (Phi) is 4.00. The van der Waals surface area contributed by atoms with Crippen LogP contribution in [0.3, 0.4) is 0 Å². The zero-order chi connectivity index (χ0) is 11.4. The Balaban J connectivity index is 2.63. The highest BCUT2D eigenvalue weighted by Crippen LogP contribution is 2.18. The summed E-state index contributed by atoms with van der Waals surface area (Å²) in [7, 11) is 0. The van der Waals surface area contributed by atoms with E-state index in [-0.39, 0.29) is 11.9 Å². The van der Waals surface area contributed by atoms with Gasteiger partial charge in [0, 0.05) is 18.8 Å². The monoisotopic (exact) mass is 211 g/mol. The zero-order valence-electron chi connectivity index (χ0n) is 9.40. The van der Waals surface area contributed by atoms with E-state index in [2.05, 4.69) is 13.8 Å². The van der Waals surface area contributed by atoms with Gasteiger partial charge in [0.1, 0.15) is 6.29 Å². The molecule has 0 saturated heterocycles. The lowest BCUT2D eigenvalue weighted by atomic mass is 10.1. The molecule has 0 aromatic heterocycles. The number of primary amides is 1. The van der Waals surface area contributed by atoms with Crippen LogP contribution in [-0.2, 0) is 9.59 Å². The Morgan fingerprint density at radius 1 is 1.67 bits per heavy atom. The van der Waals surface area contributed by atoms with Crippen molar-refractivity contribution in [2.45, 2.75) is 39.2 Å². The highest BCUT2D eigenvalue weighted by atomic mass is 16.1. The first-order chi connectivity index (χ1) is 7.11. The second kappa shape index (κ2) is 5.05. The molecule has 0 fully saturated rings. The normalized spacial score (nSPS) is 18.5. The number of carbonyl (C=O) groups is 2. The van der Waals surface area contributed by atoms with Crippen molar-refractivity contribution in [2.24, 2.45) is 11.7 Å². The summed E-state index contributed by atoms with van der Waals surface area (Å²) in [5, 5.41) is 0. The molecule has 0 aromatic rings. The van der Waals surface area contributed by atoms with E-state index in [0.717, 1.165) is 19.3 Å². The Bertz CT molecular complexity index is 297. The topological polar surface area (TPSA) is 63.2 Å². The van der Waals surface area contributed by atoms with Gasteiger partial charge < -0.3 is 10.5 Å². The SMILES string of the molecule is CCC(C)C1=[N+]([C@@H](CCC=O)C(N)=O)C1. The van der Waals surface area contributed by atoms with Gasteiger partial charge in [0.05, 0.1) is 0 Å². The second-order valence-corrected chi connectivity index (χ2v) is 4.09. The van der Waals surface area contributed by atoms with Crippen LogP contribution in [0.5, 0.6) is 0 Å². The van der Waals surface area contributed by atoms with E-state index in [4.69, 9.17) is 5.73 Å². The van der Waals surface area contributed by atoms with Crippen LogP contribution in [0.4, 0.5) is 0 Å². The number of carbonyl (C=O) groups excluding carboxylic acids is 2. The second-order valence-electron chi connectivity index (χ2n) is 4.09. The molecule has 1 heterocycles. The largest absolute Gasteiger partial charge is 0.364 e. The molecule has 0 aromatic carbocycles. The first-order valence-electron chi connectivity index (χ1n) is 5.47. The van der Waals surface area contributed by atoms with Crippen molar-refractivity contribution >= 4 is 17.9 Å². The molecule has 0 saturated carbocycles. The van der Waals surface area contributed by atoms with E-state index in [9.17, 15) is 9.59 Å². The third-order valence-corrected chi connectivity index (χ3v) is 3.04. The lowest BCUT2D eigenvalue weighted by molar-refractivity contribution is -0.471. The predicted molar refractivity (Wildman–Crippen MR) is 57.9 cm³/mol. The Labute approximate surface area is 90.2 Å². The quantitative estimate of drug-likeness (QED) is 0.487. The minimum absolute atomic E-state index is 0.279. The average Bonchev–Trinajstić information content (AvgIpc) is 2.97. The van der Waals surface area contributed by atoms with Crippen LogP contribution in [-0.4, -0.2) is 35.1 Å². The number of hydrogen-bond donors (Lipinski definition) is 1. The smallest absolute Gasteiger partial charge is 0.286 e. The fraction of sp³-hybridized carbons (Fsp3) is 0.727. The van der Waals surface area contributed by atoms with Gasteiger partial charge in [-0.2, -0.15) is 0 Å². The van der Waals surface area contributed by atoms with Crippen LogP contribution < -0.4 is 5.73 Å². The first-order valence-corrected chi connectivity index (χ1v) is 5.47. The fourth-order valence-electron chi connectivity index (χ4n) is 1.80. The lowest BCUT2D eigenvalue weighted by Gasteiger charge is -2.01. The summed E-state index contributed by atoms with van der Waals surface area (Å²) in [6.07, 6.45) is 2.85. The molecule has 1 unspecified atom stereocenters. The number of amides is 1. The van der Waals surface area contributed by atoms with Gasteiger partial charge in [0.15, 0.2) is 0 Å². The maximum atomic E-state index is 11.2. The molecule has 2 N–H and O–H groups in total. The molecule has 0 aliphatic carbocycles. The molecular weight excluding hydrogens is 192 g/mol. The third kappa shape index (κ3) is 2.88. The summed E-state index contributed by atoms with van der Waals surface area (Å²) < 4.78 is 2.03. The molecule has 15 heavy (non-hydrogen) atoms. The third-order valence-electron chi connectivity index (χ3n) is 3.04. The van der Waals surface area contributed by atoms with Crippen molar-refractivity contribution in [3.63, 3.8) is 0 Å². The molecule has 4 heteroatoms. The Morgan fingerprint density at radius 2 is 2.33 bits per heavy atom. The fourth-order valence-corrected chi connectivity index (χ4v) is 1.80. The first kappa shape index (κ1) is 11.9. The molecule has 4 nitrogen and oxygen atoms in total. The standard InChI is InChI=1S/C11H18N2O2/c1-3-8(2)10-7-13(10)9(11(12)15)5-4-6-14/h6,8-9H,3-5,7H2,1-2H3,(H-,12,15)/p+1/t8?,9-/m0/s1. The van der Waals surface area contributed by atoms with Gasteiger partial charge in [-0.15, -0.1) is 0 Å². The number of aldehydes is 1. The van der Waals surface area contributed by atoms with Gasteiger partial charge in [-0.25, -0.2) is 4.58 Å². The summed E-state index contributed by atoms with van der Waals surface area (Å²) in [4.78, 5) is 21.5. The van der Waals surface area contributed by atoms with Crippen LogP contribution >= 0.6 is 0 Å². The van der Waals surface area contributed by atoms with E-state index in [1.807, 2.05) is 4.58 Å². The van der Waals surface area contributed by atoms with Crippen molar-refractivity contribution in [3.05, 3.63) is 0 Å². The summed E-state index contributed by atoms with van der Waals surface area (Å²) in [5.74, 6) is 0.193. The molecule has 0 bridgehead atoms. The van der Waals surface area contributed by atoms with Crippen LogP contribution in [0.1, 0.15) is 33.1 Å². The highest BCUT2D eigenvalue weighted by molar-refractivity contribution is 5.92. The summed E-state index contributed by atoms with van der Waals surface area (Å²) >= 11 is 0. The Morgan fingerprint density at radius 3 is 2.80 bits per heavy atom. The maximum Gasteiger partial charge on any atom is 0.286 e. The van der Waals surface area contributed by atoms with Crippen LogP contribution in [0.2, 0.25) is 0 Å². The van der Waals surface area contributed by atoms with Crippen molar-refractivity contribution in [2.75, 3.05) is 6.54 Å².